The van der Waals surface area contributed by atoms with E-state index in [0.29, 0.717) is 17.4 Å². The van der Waals surface area contributed by atoms with Crippen LogP contribution in [0.2, 0.25) is 0 Å². The molecule has 0 aromatic rings. The van der Waals surface area contributed by atoms with Crippen LogP contribution in [0, 0.1) is 0 Å². The van der Waals surface area contributed by atoms with Gasteiger partial charge in [-0.15, -0.1) is 0 Å². The van der Waals surface area contributed by atoms with E-state index in [1.54, 1.807) is 0 Å². The first-order chi connectivity index (χ1) is 48.0. The van der Waals surface area contributed by atoms with Gasteiger partial charge in [0.2, 0.25) is 0 Å². The molecule has 0 radical (unpaired) electrons. The van der Waals surface area contributed by atoms with Crippen LogP contribution in [0.1, 0.15) is 373 Å². The number of esters is 2. The third-order valence-corrected chi connectivity index (χ3v) is 18.9. The lowest BCUT2D eigenvalue weighted by atomic mass is 10.0. The number of carbonyl (C=O) groups is 2. The van der Waals surface area contributed by atoms with Crippen molar-refractivity contribution in [1.82, 2.24) is 0 Å². The Balaban J connectivity index is 3.95. The molecule has 0 amide bonds. The van der Waals surface area contributed by atoms with Crippen LogP contribution in [0.25, 0.3) is 0 Å². The molecule has 0 bridgehead atoms. The number of rotatable bonds is 76. The molecule has 566 valence electrons. The average Bonchev–Trinajstić information content (AvgIpc) is 1.08. The number of likely N-dealkylation sites (N-methyl/N-ethyl adjacent to an activating group) is 1. The minimum Gasteiger partial charge on any atom is -0.756 e. The average molecular weight is 1390 g/mol. The number of quaternary nitrogens is 1. The van der Waals surface area contributed by atoms with Crippen molar-refractivity contribution >= 4 is 19.8 Å². The molecule has 0 saturated heterocycles. The first kappa shape index (κ1) is 94.4. The van der Waals surface area contributed by atoms with Gasteiger partial charge in [0.15, 0.2) is 6.10 Å². The maximum absolute atomic E-state index is 12.9. The van der Waals surface area contributed by atoms with Gasteiger partial charge < -0.3 is 27.9 Å². The second-order valence-corrected chi connectivity index (χ2v) is 30.2. The Kier molecular flexibility index (Phi) is 74.7. The van der Waals surface area contributed by atoms with Crippen molar-refractivity contribution in [2.24, 2.45) is 0 Å². The van der Waals surface area contributed by atoms with Gasteiger partial charge >= 0.3 is 11.9 Å². The second-order valence-electron chi connectivity index (χ2n) is 28.8. The molecule has 2 atom stereocenters. The molecule has 0 aliphatic rings. The van der Waals surface area contributed by atoms with E-state index in [-0.39, 0.29) is 32.0 Å². The first-order valence-corrected chi connectivity index (χ1v) is 42.7. The highest BCUT2D eigenvalue weighted by Crippen LogP contribution is 2.38. The van der Waals surface area contributed by atoms with Crippen LogP contribution in [0.15, 0.2) is 122 Å². The third kappa shape index (κ3) is 81.4. The molecule has 9 nitrogen and oxygen atoms in total. The molecule has 0 rings (SSSR count). The van der Waals surface area contributed by atoms with Gasteiger partial charge in [0, 0.05) is 12.8 Å². The number of ether oxygens (including phenoxy) is 2. The minimum absolute atomic E-state index is 0.0362. The largest absolute Gasteiger partial charge is 0.756 e. The van der Waals surface area contributed by atoms with Crippen molar-refractivity contribution in [3.8, 4) is 0 Å². The zero-order valence-electron chi connectivity index (χ0n) is 64.7. The molecule has 0 saturated carbocycles. The first-order valence-electron chi connectivity index (χ1n) is 41.2. The second kappa shape index (κ2) is 77.6. The Morgan fingerprint density at radius 2 is 0.582 bits per heavy atom. The summed E-state index contributed by atoms with van der Waals surface area (Å²) in [6.45, 7) is 4.14. The molecule has 2 unspecified atom stereocenters. The number of hydrogen-bond acceptors (Lipinski definition) is 8. The van der Waals surface area contributed by atoms with Crippen molar-refractivity contribution in [2.45, 2.75) is 380 Å². The maximum atomic E-state index is 12.9. The molecule has 0 spiro atoms. The highest BCUT2D eigenvalue weighted by molar-refractivity contribution is 7.45. The van der Waals surface area contributed by atoms with E-state index in [4.69, 9.17) is 18.5 Å². The van der Waals surface area contributed by atoms with E-state index in [1.165, 1.54) is 238 Å². The molecule has 0 fully saturated rings. The van der Waals surface area contributed by atoms with Crippen LogP contribution in [-0.4, -0.2) is 70.0 Å². The molecular weight excluding hydrogens is 1230 g/mol. The van der Waals surface area contributed by atoms with E-state index in [2.05, 4.69) is 135 Å². The van der Waals surface area contributed by atoms with Crippen LogP contribution >= 0.6 is 7.82 Å². The lowest BCUT2D eigenvalue weighted by molar-refractivity contribution is -0.870. The molecule has 0 aliphatic carbocycles. The minimum atomic E-state index is -4.65. The highest BCUT2D eigenvalue weighted by atomic mass is 31.2. The molecule has 0 aliphatic heterocycles. The van der Waals surface area contributed by atoms with Gasteiger partial charge in [-0.1, -0.05) is 373 Å². The SMILES string of the molecule is CC/C=C\C/C=C\C/C=C\C/C=C\C/C=C\C/C=C\C/C=C\C/C=C\CCCCCCCCCCC(=O)OC(COC(=O)CCCCCCCCCCCCCCCCCCCCCCCCCCCCCCC/C=C\C/C=C\CCCCCCC)COP(=O)([O-])OCC[N+](C)(C)C. The van der Waals surface area contributed by atoms with Gasteiger partial charge in [-0.05, 0) is 109 Å². The lowest BCUT2D eigenvalue weighted by Crippen LogP contribution is -2.37. The smallest absolute Gasteiger partial charge is 0.306 e. The summed E-state index contributed by atoms with van der Waals surface area (Å²) in [6.07, 6.45) is 112. The Morgan fingerprint density at radius 1 is 0.327 bits per heavy atom. The quantitative estimate of drug-likeness (QED) is 0.0195. The van der Waals surface area contributed by atoms with Crippen LogP contribution in [0.5, 0.6) is 0 Å². The standard InChI is InChI=1S/C88H156NO8P/c1-6-8-10-12-14-16-18-20-22-24-26-28-30-32-34-36-38-40-41-42-43-44-45-46-47-49-50-52-54-56-58-60-62-64-66-68-70-72-74-76-78-80-87(90)94-84-86(85-96-98(92,93)95-83-82-89(3,4)5)97-88(91)81-79-77-75-73-71-69-67-65-63-61-59-57-55-53-51-48-39-37-35-33-31-29-27-25-23-21-19-17-15-13-11-9-7-2/h9,11,15,17-18,20-21,23-24,26-27,29,33,35,39,48,53,55,59,61,86H,6-8,10,12-14,16,19,22,25,28,30-32,34,36-38,40-47,49-52,54,56-58,60,62-85H2,1-5H3/b11-9-,17-15-,20-18-,23-21-,26-24-,29-27-,35-33-,48-39-,55-53-,61-59-. The normalized spacial score (nSPS) is 13.7. The predicted molar refractivity (Wildman–Crippen MR) is 425 cm³/mol. The van der Waals surface area contributed by atoms with Crippen LogP contribution in [0.3, 0.4) is 0 Å². The Hall–Kier alpha value is -3.59. The fraction of sp³-hybridized carbons (Fsp3) is 0.750. The van der Waals surface area contributed by atoms with Crippen molar-refractivity contribution < 1.29 is 42.1 Å². The lowest BCUT2D eigenvalue weighted by Gasteiger charge is -2.28. The van der Waals surface area contributed by atoms with Gasteiger partial charge in [-0.3, -0.25) is 14.2 Å². The van der Waals surface area contributed by atoms with E-state index < -0.39 is 26.5 Å². The molecule has 0 N–H and O–H groups in total. The summed E-state index contributed by atoms with van der Waals surface area (Å²) in [5.74, 6) is -0.834. The number of phosphoric acid groups is 1. The van der Waals surface area contributed by atoms with Crippen LogP contribution < -0.4 is 4.89 Å². The number of nitrogens with zero attached hydrogens (tertiary/aromatic N) is 1. The van der Waals surface area contributed by atoms with Crippen molar-refractivity contribution in [3.05, 3.63) is 122 Å². The molecule has 0 heterocycles. The summed E-state index contributed by atoms with van der Waals surface area (Å²) < 4.78 is 34.4. The Bertz CT molecular complexity index is 2070. The van der Waals surface area contributed by atoms with Gasteiger partial charge in [0.1, 0.15) is 19.8 Å². The summed E-state index contributed by atoms with van der Waals surface area (Å²) in [7, 11) is 1.16. The van der Waals surface area contributed by atoms with E-state index in [1.807, 2.05) is 21.1 Å². The van der Waals surface area contributed by atoms with E-state index in [9.17, 15) is 19.0 Å². The topological polar surface area (TPSA) is 111 Å². The molecular formula is C88H156NO8P. The zero-order valence-corrected chi connectivity index (χ0v) is 65.6. The van der Waals surface area contributed by atoms with Crippen molar-refractivity contribution in [1.29, 1.82) is 0 Å². The highest BCUT2D eigenvalue weighted by Gasteiger charge is 2.22. The fourth-order valence-corrected chi connectivity index (χ4v) is 12.4. The molecule has 98 heavy (non-hydrogen) atoms. The zero-order chi connectivity index (χ0) is 71.1. The van der Waals surface area contributed by atoms with Gasteiger partial charge in [-0.2, -0.15) is 0 Å². The molecule has 0 aromatic heterocycles. The number of unbranched alkanes of at least 4 members (excludes halogenated alkanes) is 42. The van der Waals surface area contributed by atoms with Crippen LogP contribution in [-0.2, 0) is 32.7 Å². The van der Waals surface area contributed by atoms with Crippen molar-refractivity contribution in [3.63, 3.8) is 0 Å². The van der Waals surface area contributed by atoms with Crippen molar-refractivity contribution in [2.75, 3.05) is 47.5 Å². The summed E-state index contributed by atoms with van der Waals surface area (Å²) in [5.41, 5.74) is 0. The monoisotopic (exact) mass is 1390 g/mol. The maximum Gasteiger partial charge on any atom is 0.306 e. The number of carbonyl (C=O) groups excluding carboxylic acids is 2. The predicted octanol–water partition coefficient (Wildman–Crippen LogP) is 27.1. The molecule has 0 aromatic carbocycles. The Morgan fingerprint density at radius 3 is 0.867 bits per heavy atom. The molecule has 10 heteroatoms. The fourth-order valence-electron chi connectivity index (χ4n) is 11.7. The summed E-state index contributed by atoms with van der Waals surface area (Å²) >= 11 is 0. The Labute approximate surface area is 607 Å². The summed E-state index contributed by atoms with van der Waals surface area (Å²) in [4.78, 5) is 38.2. The number of phosphoric ester groups is 1. The van der Waals surface area contributed by atoms with Crippen LogP contribution in [0.4, 0.5) is 0 Å². The van der Waals surface area contributed by atoms with Gasteiger partial charge in [0.05, 0.1) is 27.7 Å². The number of allylic oxidation sites excluding steroid dienone is 20. The third-order valence-electron chi connectivity index (χ3n) is 18.0. The summed E-state index contributed by atoms with van der Waals surface area (Å²) in [5, 5.41) is 0. The van der Waals surface area contributed by atoms with Gasteiger partial charge in [-0.25, -0.2) is 0 Å². The van der Waals surface area contributed by atoms with E-state index >= 15 is 0 Å². The summed E-state index contributed by atoms with van der Waals surface area (Å²) in [6, 6.07) is 0. The van der Waals surface area contributed by atoms with Gasteiger partial charge in [0.25, 0.3) is 7.82 Å². The van der Waals surface area contributed by atoms with E-state index in [0.717, 1.165) is 103 Å². The number of hydrogen-bond donors (Lipinski definition) is 0.